The van der Waals surface area contributed by atoms with Gasteiger partial charge in [0.2, 0.25) is 11.8 Å². The highest BCUT2D eigenvalue weighted by molar-refractivity contribution is 5.97. The van der Waals surface area contributed by atoms with Crippen molar-refractivity contribution >= 4 is 17.5 Å². The number of hydrogen-bond acceptors (Lipinski definition) is 5. The molecule has 4 fully saturated rings. The molecule has 174 valence electrons. The van der Waals surface area contributed by atoms with Crippen LogP contribution in [0.1, 0.15) is 36.7 Å². The number of alkyl halides is 4. The van der Waals surface area contributed by atoms with Crippen LogP contribution in [0.2, 0.25) is 0 Å². The largest absolute Gasteiger partial charge is 0.476 e. The smallest absolute Gasteiger partial charge is 0.285 e. The number of carbonyl (C=O) groups excluding carboxylic acids is 2. The quantitative estimate of drug-likeness (QED) is 0.665. The zero-order valence-corrected chi connectivity index (χ0v) is 17.5. The molecule has 4 aliphatic rings. The molecule has 0 aromatic carbocycles. The van der Waals surface area contributed by atoms with E-state index in [4.69, 9.17) is 4.74 Å². The van der Waals surface area contributed by atoms with Crippen LogP contribution in [0, 0.1) is 11.8 Å². The zero-order valence-electron chi connectivity index (χ0n) is 17.5. The molecule has 5 rings (SSSR count). The minimum Gasteiger partial charge on any atom is -0.476 e. The second-order valence-corrected chi connectivity index (χ2v) is 9.40. The van der Waals surface area contributed by atoms with Crippen LogP contribution in [0.3, 0.4) is 0 Å². The minimum atomic E-state index is -2.90. The summed E-state index contributed by atoms with van der Waals surface area (Å²) in [5.74, 6) is -6.82. The molecular weight excluding hydrogens is 432 g/mol. The minimum absolute atomic E-state index is 0.0247. The van der Waals surface area contributed by atoms with Crippen molar-refractivity contribution < 1.29 is 31.9 Å². The first-order valence-corrected chi connectivity index (χ1v) is 10.8. The van der Waals surface area contributed by atoms with Gasteiger partial charge < -0.3 is 19.9 Å². The maximum atomic E-state index is 13.8. The Morgan fingerprint density at radius 3 is 2.56 bits per heavy atom. The van der Waals surface area contributed by atoms with Gasteiger partial charge in [-0.25, -0.2) is 22.5 Å². The van der Waals surface area contributed by atoms with E-state index in [2.05, 4.69) is 10.3 Å². The number of piperidine rings is 1. The van der Waals surface area contributed by atoms with Crippen molar-refractivity contribution in [1.29, 1.82) is 0 Å². The zero-order chi connectivity index (χ0) is 22.8. The molecule has 0 bridgehead atoms. The van der Waals surface area contributed by atoms with E-state index in [1.807, 2.05) is 0 Å². The summed E-state index contributed by atoms with van der Waals surface area (Å²) < 4.78 is 59.9. The number of rotatable bonds is 6. The number of halogens is 4. The normalized spacial score (nSPS) is 30.2. The maximum absolute atomic E-state index is 13.8. The van der Waals surface area contributed by atoms with E-state index >= 15 is 0 Å². The van der Waals surface area contributed by atoms with Crippen molar-refractivity contribution in [2.45, 2.75) is 50.1 Å². The van der Waals surface area contributed by atoms with Crippen LogP contribution in [0.15, 0.2) is 12.1 Å². The molecule has 4 heterocycles. The third-order valence-electron chi connectivity index (χ3n) is 6.59. The maximum Gasteiger partial charge on any atom is 0.285 e. The van der Waals surface area contributed by atoms with Gasteiger partial charge in [-0.2, -0.15) is 0 Å². The fraction of sp³-hybridized carbons (Fsp3) is 0.667. The monoisotopic (exact) mass is 456 g/mol. The molecule has 0 spiro atoms. The highest BCUT2D eigenvalue weighted by Crippen LogP contribution is 2.44. The summed E-state index contributed by atoms with van der Waals surface area (Å²) in [5, 5.41) is 2.60. The van der Waals surface area contributed by atoms with Crippen molar-refractivity contribution in [3.05, 3.63) is 17.8 Å². The number of fused-ring (bicyclic) bond motifs is 1. The molecule has 0 radical (unpaired) electrons. The summed E-state index contributed by atoms with van der Waals surface area (Å²) in [4.78, 5) is 32.1. The lowest BCUT2D eigenvalue weighted by Gasteiger charge is -2.54. The van der Waals surface area contributed by atoms with Gasteiger partial charge in [-0.05, 0) is 43.2 Å². The number of nitrogens with one attached hydrogen (secondary N) is 1. The van der Waals surface area contributed by atoms with E-state index in [1.165, 1.54) is 17.0 Å². The standard InChI is InChI=1S/C21H24F4N4O3/c1-11-6-14(19(31)29-10-21(24,25)16(11)29)26-17(30)13-4-5-15(28-8-20(22,23)9-28)18(27-13)32-7-12-2-3-12/h4-5,11-12,14,16H,2-3,6-10H2,1H3,(H,26,30). The fourth-order valence-electron chi connectivity index (χ4n) is 4.70. The lowest BCUT2D eigenvalue weighted by atomic mass is 9.78. The number of anilines is 1. The van der Waals surface area contributed by atoms with E-state index in [9.17, 15) is 27.2 Å². The van der Waals surface area contributed by atoms with Gasteiger partial charge in [0.25, 0.3) is 17.8 Å². The first-order valence-electron chi connectivity index (χ1n) is 10.8. The van der Waals surface area contributed by atoms with Gasteiger partial charge in [-0.3, -0.25) is 9.59 Å². The number of aromatic nitrogens is 1. The first kappa shape index (κ1) is 21.3. The van der Waals surface area contributed by atoms with Crippen LogP contribution in [-0.2, 0) is 4.79 Å². The van der Waals surface area contributed by atoms with Gasteiger partial charge in [-0.15, -0.1) is 0 Å². The molecule has 3 unspecified atom stereocenters. The SMILES string of the molecule is CC1CC(NC(=O)c2ccc(N3CC(F)(F)C3)c(OCC3CC3)n2)C(=O)N2CC(F)(F)C12. The van der Waals surface area contributed by atoms with Crippen molar-refractivity contribution in [2.24, 2.45) is 11.8 Å². The van der Waals surface area contributed by atoms with Crippen molar-refractivity contribution in [3.63, 3.8) is 0 Å². The molecular formula is C21H24F4N4O3. The van der Waals surface area contributed by atoms with Crippen LogP contribution in [-0.4, -0.2) is 71.9 Å². The summed E-state index contributed by atoms with van der Waals surface area (Å²) in [6, 6.07) is 0.855. The lowest BCUT2D eigenvalue weighted by molar-refractivity contribution is -0.216. The van der Waals surface area contributed by atoms with Gasteiger partial charge >= 0.3 is 0 Å². The van der Waals surface area contributed by atoms with Gasteiger partial charge in [0.15, 0.2) is 0 Å². The summed E-state index contributed by atoms with van der Waals surface area (Å²) in [5.41, 5.74) is 0.365. The Morgan fingerprint density at radius 1 is 1.22 bits per heavy atom. The topological polar surface area (TPSA) is 74.8 Å². The first-order chi connectivity index (χ1) is 15.0. The second-order valence-electron chi connectivity index (χ2n) is 9.40. The number of ether oxygens (including phenoxy) is 1. The number of pyridine rings is 1. The molecule has 2 amide bonds. The van der Waals surface area contributed by atoms with Crippen LogP contribution in [0.4, 0.5) is 23.2 Å². The van der Waals surface area contributed by atoms with E-state index in [0.29, 0.717) is 18.2 Å². The predicted octanol–water partition coefficient (Wildman–Crippen LogP) is 2.31. The second kappa shape index (κ2) is 7.21. The van der Waals surface area contributed by atoms with E-state index < -0.39 is 61.3 Å². The van der Waals surface area contributed by atoms with E-state index in [1.54, 1.807) is 6.92 Å². The highest BCUT2D eigenvalue weighted by atomic mass is 19.3. The third kappa shape index (κ3) is 3.75. The fourth-order valence-corrected chi connectivity index (χ4v) is 4.70. The Bertz CT molecular complexity index is 947. The molecule has 1 aromatic rings. The molecule has 7 nitrogen and oxygen atoms in total. The van der Waals surface area contributed by atoms with Crippen LogP contribution in [0.25, 0.3) is 0 Å². The number of nitrogens with zero attached hydrogens (tertiary/aromatic N) is 3. The van der Waals surface area contributed by atoms with Crippen molar-refractivity contribution in [3.8, 4) is 5.88 Å². The van der Waals surface area contributed by atoms with Crippen LogP contribution in [0.5, 0.6) is 5.88 Å². The van der Waals surface area contributed by atoms with Crippen molar-refractivity contribution in [2.75, 3.05) is 31.1 Å². The molecule has 1 N–H and O–H groups in total. The molecule has 3 atom stereocenters. The Labute approximate surface area is 182 Å². The number of amides is 2. The van der Waals surface area contributed by atoms with Gasteiger partial charge in [-0.1, -0.05) is 6.92 Å². The predicted molar refractivity (Wildman–Crippen MR) is 105 cm³/mol. The third-order valence-corrected chi connectivity index (χ3v) is 6.59. The molecule has 32 heavy (non-hydrogen) atoms. The molecule has 3 aliphatic heterocycles. The summed E-state index contributed by atoms with van der Waals surface area (Å²) in [6.07, 6.45) is 2.15. The van der Waals surface area contributed by atoms with Crippen LogP contribution >= 0.6 is 0 Å². The highest BCUT2D eigenvalue weighted by Gasteiger charge is 2.62. The number of carbonyl (C=O) groups is 2. The molecule has 1 aromatic heterocycles. The van der Waals surface area contributed by atoms with E-state index in [0.717, 1.165) is 17.7 Å². The van der Waals surface area contributed by atoms with Crippen molar-refractivity contribution in [1.82, 2.24) is 15.2 Å². The molecule has 1 saturated carbocycles. The van der Waals surface area contributed by atoms with Gasteiger partial charge in [0, 0.05) is 0 Å². The Balaban J connectivity index is 1.30. The average molecular weight is 456 g/mol. The Kier molecular flexibility index (Phi) is 4.79. The molecule has 3 saturated heterocycles. The average Bonchev–Trinajstić information content (AvgIpc) is 3.51. The van der Waals surface area contributed by atoms with Crippen LogP contribution < -0.4 is 15.0 Å². The lowest BCUT2D eigenvalue weighted by Crippen LogP contribution is -2.74. The van der Waals surface area contributed by atoms with Gasteiger partial charge in [0.1, 0.15) is 23.5 Å². The Hall–Kier alpha value is -2.59. The molecule has 1 aliphatic carbocycles. The summed E-state index contributed by atoms with van der Waals surface area (Å²) in [6.45, 7) is 0.487. The number of hydrogen-bond donors (Lipinski definition) is 1. The van der Waals surface area contributed by atoms with E-state index in [-0.39, 0.29) is 18.0 Å². The Morgan fingerprint density at radius 2 is 1.94 bits per heavy atom. The molecule has 11 heteroatoms. The summed E-state index contributed by atoms with van der Waals surface area (Å²) >= 11 is 0. The summed E-state index contributed by atoms with van der Waals surface area (Å²) in [7, 11) is 0. The van der Waals surface area contributed by atoms with Gasteiger partial charge in [0.05, 0.1) is 26.2 Å².